The van der Waals surface area contributed by atoms with E-state index < -0.39 is 11.9 Å². The normalized spacial score (nSPS) is 22.1. The topological polar surface area (TPSA) is 13.1 Å². The van der Waals surface area contributed by atoms with E-state index in [9.17, 15) is 13.2 Å². The summed E-state index contributed by atoms with van der Waals surface area (Å²) in [5.41, 5.74) is 0.732. The largest absolute Gasteiger partial charge is 0.456 e. The highest BCUT2D eigenvalue weighted by molar-refractivity contribution is 5.27. The zero-order chi connectivity index (χ0) is 10.3. The lowest BCUT2D eigenvalue weighted by Gasteiger charge is -2.15. The van der Waals surface area contributed by atoms with Crippen molar-refractivity contribution < 1.29 is 17.6 Å². The summed E-state index contributed by atoms with van der Waals surface area (Å²) in [7, 11) is 0. The van der Waals surface area contributed by atoms with Crippen molar-refractivity contribution in [2.24, 2.45) is 0 Å². The van der Waals surface area contributed by atoms with Gasteiger partial charge in [-0.05, 0) is 30.9 Å². The Bertz CT molecular complexity index is 338. The molecule has 4 heteroatoms. The molecule has 0 saturated heterocycles. The molecule has 0 bridgehead atoms. The van der Waals surface area contributed by atoms with Crippen LogP contribution in [0.2, 0.25) is 0 Å². The standard InChI is InChI=1S/C10H11F3O/c1-6-3-2-4-7-5-8(10(11,12)13)14-9(6)7/h5-6H,2-4H2,1H3. The van der Waals surface area contributed by atoms with Gasteiger partial charge in [0.05, 0.1) is 0 Å². The van der Waals surface area contributed by atoms with Gasteiger partial charge in [0.15, 0.2) is 0 Å². The molecule has 2 rings (SSSR count). The van der Waals surface area contributed by atoms with Gasteiger partial charge >= 0.3 is 6.18 Å². The highest BCUT2D eigenvalue weighted by atomic mass is 19.4. The first-order valence-electron chi connectivity index (χ1n) is 4.68. The van der Waals surface area contributed by atoms with Gasteiger partial charge in [-0.25, -0.2) is 0 Å². The lowest BCUT2D eigenvalue weighted by atomic mass is 9.90. The van der Waals surface area contributed by atoms with Crippen molar-refractivity contribution in [3.05, 3.63) is 23.2 Å². The minimum Gasteiger partial charge on any atom is -0.456 e. The van der Waals surface area contributed by atoms with Crippen LogP contribution in [0, 0.1) is 0 Å². The summed E-state index contributed by atoms with van der Waals surface area (Å²) in [5, 5.41) is 0. The van der Waals surface area contributed by atoms with Crippen LogP contribution in [-0.2, 0) is 12.6 Å². The molecule has 0 N–H and O–H groups in total. The van der Waals surface area contributed by atoms with E-state index in [1.54, 1.807) is 0 Å². The Morgan fingerprint density at radius 1 is 1.43 bits per heavy atom. The van der Waals surface area contributed by atoms with Crippen molar-refractivity contribution in [3.8, 4) is 0 Å². The summed E-state index contributed by atoms with van der Waals surface area (Å²) < 4.78 is 41.8. The molecule has 0 fully saturated rings. The first kappa shape index (κ1) is 9.62. The van der Waals surface area contributed by atoms with Crippen LogP contribution < -0.4 is 0 Å². The summed E-state index contributed by atoms with van der Waals surface area (Å²) in [6.07, 6.45) is -1.78. The predicted octanol–water partition coefficient (Wildman–Crippen LogP) is 3.74. The van der Waals surface area contributed by atoms with Crippen LogP contribution in [0.1, 0.15) is 42.8 Å². The average Bonchev–Trinajstić information content (AvgIpc) is 2.48. The van der Waals surface area contributed by atoms with E-state index in [0.717, 1.165) is 24.5 Å². The summed E-state index contributed by atoms with van der Waals surface area (Å²) in [4.78, 5) is 0. The molecule has 14 heavy (non-hydrogen) atoms. The fourth-order valence-corrected chi connectivity index (χ4v) is 1.92. The molecule has 1 aromatic rings. The molecular formula is C10H11F3O. The van der Waals surface area contributed by atoms with Gasteiger partial charge in [0.2, 0.25) is 5.76 Å². The second-order valence-electron chi connectivity index (χ2n) is 3.79. The van der Waals surface area contributed by atoms with Crippen LogP contribution in [0.15, 0.2) is 10.5 Å². The number of alkyl halides is 3. The Labute approximate surface area is 79.9 Å². The maximum absolute atomic E-state index is 12.3. The third kappa shape index (κ3) is 1.53. The van der Waals surface area contributed by atoms with Crippen molar-refractivity contribution in [2.75, 3.05) is 0 Å². The summed E-state index contributed by atoms with van der Waals surface area (Å²) in [5.74, 6) is -0.199. The lowest BCUT2D eigenvalue weighted by molar-refractivity contribution is -0.153. The monoisotopic (exact) mass is 204 g/mol. The molecule has 1 aliphatic carbocycles. The average molecular weight is 204 g/mol. The highest BCUT2D eigenvalue weighted by Gasteiger charge is 2.37. The first-order valence-corrected chi connectivity index (χ1v) is 4.68. The van der Waals surface area contributed by atoms with Crippen LogP contribution in [0.5, 0.6) is 0 Å². The number of halogens is 3. The van der Waals surface area contributed by atoms with Crippen molar-refractivity contribution in [3.63, 3.8) is 0 Å². The van der Waals surface area contributed by atoms with E-state index in [1.807, 2.05) is 6.92 Å². The van der Waals surface area contributed by atoms with Crippen LogP contribution in [0.25, 0.3) is 0 Å². The third-order valence-corrected chi connectivity index (χ3v) is 2.65. The van der Waals surface area contributed by atoms with E-state index in [4.69, 9.17) is 4.42 Å². The second kappa shape index (κ2) is 3.04. The quantitative estimate of drug-likeness (QED) is 0.627. The molecular weight excluding hydrogens is 193 g/mol. The van der Waals surface area contributed by atoms with E-state index in [0.29, 0.717) is 12.2 Å². The third-order valence-electron chi connectivity index (χ3n) is 2.65. The fourth-order valence-electron chi connectivity index (χ4n) is 1.92. The highest BCUT2D eigenvalue weighted by Crippen LogP contribution is 2.39. The second-order valence-corrected chi connectivity index (χ2v) is 3.79. The molecule has 1 unspecified atom stereocenters. The van der Waals surface area contributed by atoms with Gasteiger partial charge in [-0.15, -0.1) is 0 Å². The first-order chi connectivity index (χ1) is 6.48. The Morgan fingerprint density at radius 3 is 2.71 bits per heavy atom. The van der Waals surface area contributed by atoms with Gasteiger partial charge in [-0.3, -0.25) is 0 Å². The Morgan fingerprint density at radius 2 is 2.14 bits per heavy atom. The van der Waals surface area contributed by atoms with Gasteiger partial charge in [0.1, 0.15) is 5.76 Å². The van der Waals surface area contributed by atoms with Gasteiger partial charge in [-0.2, -0.15) is 13.2 Å². The molecule has 1 nitrogen and oxygen atoms in total. The fraction of sp³-hybridized carbons (Fsp3) is 0.600. The number of furan rings is 1. The molecule has 1 aromatic heterocycles. The Kier molecular flexibility index (Phi) is 2.09. The van der Waals surface area contributed by atoms with Crippen molar-refractivity contribution >= 4 is 0 Å². The van der Waals surface area contributed by atoms with Gasteiger partial charge in [0.25, 0.3) is 0 Å². The molecule has 0 radical (unpaired) electrons. The molecule has 0 spiro atoms. The number of hydrogen-bond acceptors (Lipinski definition) is 1. The van der Waals surface area contributed by atoms with Gasteiger partial charge in [-0.1, -0.05) is 6.92 Å². The maximum Gasteiger partial charge on any atom is 0.449 e. The molecule has 0 amide bonds. The van der Waals surface area contributed by atoms with Crippen LogP contribution in [0.3, 0.4) is 0 Å². The summed E-state index contributed by atoms with van der Waals surface area (Å²) in [6.45, 7) is 1.90. The molecule has 0 aromatic carbocycles. The molecule has 78 valence electrons. The van der Waals surface area contributed by atoms with Crippen LogP contribution >= 0.6 is 0 Å². The smallest absolute Gasteiger partial charge is 0.449 e. The van der Waals surface area contributed by atoms with Crippen LogP contribution in [-0.4, -0.2) is 0 Å². The van der Waals surface area contributed by atoms with Gasteiger partial charge < -0.3 is 4.42 Å². The molecule has 1 heterocycles. The van der Waals surface area contributed by atoms with E-state index in [2.05, 4.69) is 0 Å². The van der Waals surface area contributed by atoms with Crippen molar-refractivity contribution in [1.82, 2.24) is 0 Å². The molecule has 0 saturated carbocycles. The lowest BCUT2D eigenvalue weighted by Crippen LogP contribution is -2.03. The zero-order valence-electron chi connectivity index (χ0n) is 7.82. The summed E-state index contributed by atoms with van der Waals surface area (Å²) >= 11 is 0. The van der Waals surface area contributed by atoms with Crippen LogP contribution in [0.4, 0.5) is 13.2 Å². The van der Waals surface area contributed by atoms with Gasteiger partial charge in [0, 0.05) is 5.92 Å². The molecule has 1 atom stereocenters. The number of fused-ring (bicyclic) bond motifs is 1. The zero-order valence-corrected chi connectivity index (χ0v) is 7.82. The number of aryl methyl sites for hydroxylation is 1. The van der Waals surface area contributed by atoms with E-state index in [-0.39, 0.29) is 5.92 Å². The minimum absolute atomic E-state index is 0.120. The van der Waals surface area contributed by atoms with Crippen molar-refractivity contribution in [2.45, 2.75) is 38.3 Å². The Hall–Kier alpha value is -0.930. The van der Waals surface area contributed by atoms with E-state index in [1.165, 1.54) is 0 Å². The SMILES string of the molecule is CC1CCCc2cc(C(F)(F)F)oc21. The molecule has 0 aliphatic heterocycles. The summed E-state index contributed by atoms with van der Waals surface area (Å²) in [6, 6.07) is 1.14. The van der Waals surface area contributed by atoms with E-state index >= 15 is 0 Å². The molecule has 1 aliphatic rings. The number of rotatable bonds is 0. The number of hydrogen-bond donors (Lipinski definition) is 0. The maximum atomic E-state index is 12.3. The van der Waals surface area contributed by atoms with Crippen molar-refractivity contribution in [1.29, 1.82) is 0 Å². The Balaban J connectivity index is 2.40. The predicted molar refractivity (Wildman–Crippen MR) is 45.1 cm³/mol. The minimum atomic E-state index is -4.35.